The summed E-state index contributed by atoms with van der Waals surface area (Å²) in [6.45, 7) is 2.18. The van der Waals surface area contributed by atoms with Gasteiger partial charge in [0.05, 0.1) is 5.02 Å². The highest BCUT2D eigenvalue weighted by atomic mass is 35.5. The molecular weight excluding hydrogens is 321 g/mol. The molecule has 0 aliphatic carbocycles. The van der Waals surface area contributed by atoms with Gasteiger partial charge in [-0.15, -0.1) is 0 Å². The molecule has 22 heavy (non-hydrogen) atoms. The number of halogens is 2. The monoisotopic (exact) mass is 335 g/mol. The second-order valence-corrected chi connectivity index (χ2v) is 5.73. The van der Waals surface area contributed by atoms with Gasteiger partial charge in [0.2, 0.25) is 0 Å². The number of pyridine rings is 1. The maximum Gasteiger partial charge on any atom is 0.166 e. The molecule has 0 atom stereocenters. The third-order valence-corrected chi connectivity index (χ3v) is 4.20. The molecule has 4 nitrogen and oxygen atoms in total. The number of imidazole rings is 1. The lowest BCUT2D eigenvalue weighted by atomic mass is 10.1. The highest BCUT2D eigenvalue weighted by Crippen LogP contribution is 2.27. The first-order chi connectivity index (χ1) is 10.6. The number of aliphatic hydroxyl groups excluding tert-OH is 1. The summed E-state index contributed by atoms with van der Waals surface area (Å²) in [6, 6.07) is 9.72. The van der Waals surface area contributed by atoms with Gasteiger partial charge in [-0.1, -0.05) is 42.3 Å². The summed E-state index contributed by atoms with van der Waals surface area (Å²) in [5.74, 6) is 0.899. The van der Waals surface area contributed by atoms with Crippen LogP contribution in [0.5, 0.6) is 0 Å². The number of aryl methyl sites for hydroxylation is 1. The van der Waals surface area contributed by atoms with Gasteiger partial charge in [-0.3, -0.25) is 4.57 Å². The first-order valence-corrected chi connectivity index (χ1v) is 7.83. The van der Waals surface area contributed by atoms with Crippen LogP contribution in [0.25, 0.3) is 16.9 Å². The van der Waals surface area contributed by atoms with Gasteiger partial charge in [0.15, 0.2) is 5.65 Å². The molecule has 0 radical (unpaired) electrons. The molecule has 0 saturated carbocycles. The number of hydrogen-bond acceptors (Lipinski definition) is 3. The van der Waals surface area contributed by atoms with Crippen molar-refractivity contribution in [1.29, 1.82) is 0 Å². The molecule has 6 heteroatoms. The number of rotatable bonds is 4. The zero-order valence-corrected chi connectivity index (χ0v) is 13.6. The maximum atomic E-state index is 9.00. The van der Waals surface area contributed by atoms with E-state index in [0.717, 1.165) is 29.0 Å². The third-order valence-electron chi connectivity index (χ3n) is 3.52. The van der Waals surface area contributed by atoms with E-state index in [4.69, 9.17) is 28.3 Å². The molecule has 0 spiro atoms. The molecule has 0 unspecified atom stereocenters. The molecule has 0 saturated heterocycles. The van der Waals surface area contributed by atoms with Gasteiger partial charge in [-0.25, -0.2) is 9.97 Å². The largest absolute Gasteiger partial charge is 0.396 e. The molecule has 1 aromatic carbocycles. The first kappa shape index (κ1) is 15.3. The Hall–Kier alpha value is -1.62. The van der Waals surface area contributed by atoms with Gasteiger partial charge in [0, 0.05) is 18.7 Å². The second-order valence-electron chi connectivity index (χ2n) is 4.96. The van der Waals surface area contributed by atoms with Crippen molar-refractivity contribution < 1.29 is 5.11 Å². The summed E-state index contributed by atoms with van der Waals surface area (Å²) in [4.78, 5) is 8.96. The molecule has 1 N–H and O–H groups in total. The van der Waals surface area contributed by atoms with E-state index in [1.54, 1.807) is 6.07 Å². The summed E-state index contributed by atoms with van der Waals surface area (Å²) >= 11 is 12.1. The van der Waals surface area contributed by atoms with Crippen molar-refractivity contribution >= 4 is 34.4 Å². The maximum absolute atomic E-state index is 9.00. The van der Waals surface area contributed by atoms with Gasteiger partial charge >= 0.3 is 0 Å². The van der Waals surface area contributed by atoms with E-state index in [-0.39, 0.29) is 11.8 Å². The lowest BCUT2D eigenvalue weighted by molar-refractivity contribution is 0.299. The van der Waals surface area contributed by atoms with E-state index < -0.39 is 0 Å². The van der Waals surface area contributed by atoms with Gasteiger partial charge in [0.25, 0.3) is 0 Å². The minimum absolute atomic E-state index is 0.142. The SMILES string of the molecule is CCc1nc2cc(Cl)c(Cl)nc2n1-c1ccc(CCO)cc1. The Morgan fingerprint density at radius 1 is 1.14 bits per heavy atom. The van der Waals surface area contributed by atoms with Crippen molar-refractivity contribution in [3.05, 3.63) is 51.9 Å². The molecule has 2 aromatic heterocycles. The standard InChI is InChI=1S/C16H15Cl2N3O/c1-2-14-19-13-9-12(17)15(18)20-16(13)21(14)11-5-3-10(4-6-11)7-8-22/h3-6,9,22H,2,7-8H2,1H3. The number of aromatic nitrogens is 3. The van der Waals surface area contributed by atoms with Crippen LogP contribution in [-0.2, 0) is 12.8 Å². The van der Waals surface area contributed by atoms with Crippen LogP contribution in [0.4, 0.5) is 0 Å². The predicted molar refractivity (Wildman–Crippen MR) is 89.1 cm³/mol. The Morgan fingerprint density at radius 2 is 1.86 bits per heavy atom. The average Bonchev–Trinajstić information content (AvgIpc) is 2.86. The van der Waals surface area contributed by atoms with Crippen molar-refractivity contribution in [3.63, 3.8) is 0 Å². The highest BCUT2D eigenvalue weighted by molar-refractivity contribution is 6.41. The summed E-state index contributed by atoms with van der Waals surface area (Å²) in [6.07, 6.45) is 1.41. The number of benzene rings is 1. The van der Waals surface area contributed by atoms with E-state index in [2.05, 4.69) is 9.97 Å². The molecule has 0 amide bonds. The third kappa shape index (κ3) is 2.70. The number of aliphatic hydroxyl groups is 1. The number of hydrogen-bond donors (Lipinski definition) is 1. The molecule has 0 aliphatic rings. The minimum atomic E-state index is 0.142. The summed E-state index contributed by atoms with van der Waals surface area (Å²) in [5.41, 5.74) is 3.47. The molecule has 0 aliphatic heterocycles. The lowest BCUT2D eigenvalue weighted by Gasteiger charge is -2.09. The van der Waals surface area contributed by atoms with Crippen molar-refractivity contribution in [2.24, 2.45) is 0 Å². The Kier molecular flexibility index (Phi) is 4.34. The smallest absolute Gasteiger partial charge is 0.166 e. The Balaban J connectivity index is 2.17. The lowest BCUT2D eigenvalue weighted by Crippen LogP contribution is -2.01. The van der Waals surface area contributed by atoms with Crippen LogP contribution in [-0.4, -0.2) is 26.2 Å². The van der Waals surface area contributed by atoms with E-state index in [9.17, 15) is 0 Å². The van der Waals surface area contributed by atoms with Gasteiger partial charge in [-0.2, -0.15) is 0 Å². The van der Waals surface area contributed by atoms with E-state index >= 15 is 0 Å². The zero-order valence-electron chi connectivity index (χ0n) is 12.1. The van der Waals surface area contributed by atoms with Crippen LogP contribution in [0, 0.1) is 0 Å². The molecule has 0 bridgehead atoms. The van der Waals surface area contributed by atoms with Crippen molar-refractivity contribution in [2.45, 2.75) is 19.8 Å². The van der Waals surface area contributed by atoms with Crippen molar-refractivity contribution in [1.82, 2.24) is 14.5 Å². The molecular formula is C16H15Cl2N3O. The Morgan fingerprint density at radius 3 is 2.50 bits per heavy atom. The van der Waals surface area contributed by atoms with Crippen LogP contribution in [0.15, 0.2) is 30.3 Å². The fraction of sp³-hybridized carbons (Fsp3) is 0.250. The van der Waals surface area contributed by atoms with E-state index in [1.165, 1.54) is 0 Å². The van der Waals surface area contributed by atoms with Gasteiger partial charge in [-0.05, 0) is 30.2 Å². The van der Waals surface area contributed by atoms with Crippen molar-refractivity contribution in [2.75, 3.05) is 6.61 Å². The van der Waals surface area contributed by atoms with Crippen LogP contribution in [0.2, 0.25) is 10.2 Å². The highest BCUT2D eigenvalue weighted by Gasteiger charge is 2.14. The fourth-order valence-electron chi connectivity index (χ4n) is 2.46. The molecule has 2 heterocycles. The molecule has 3 rings (SSSR count). The molecule has 0 fully saturated rings. The molecule has 114 valence electrons. The quantitative estimate of drug-likeness (QED) is 0.737. The van der Waals surface area contributed by atoms with Crippen LogP contribution in [0.3, 0.4) is 0 Å². The Bertz CT molecular complexity index is 812. The van der Waals surface area contributed by atoms with Crippen LogP contribution < -0.4 is 0 Å². The predicted octanol–water partition coefficient (Wildman–Crippen LogP) is 3.82. The van der Waals surface area contributed by atoms with Crippen molar-refractivity contribution in [3.8, 4) is 5.69 Å². The summed E-state index contributed by atoms with van der Waals surface area (Å²) in [7, 11) is 0. The number of nitrogens with zero attached hydrogens (tertiary/aromatic N) is 3. The van der Waals surface area contributed by atoms with E-state index in [1.807, 2.05) is 35.8 Å². The Labute approximate surface area is 138 Å². The van der Waals surface area contributed by atoms with Crippen LogP contribution >= 0.6 is 23.2 Å². The average molecular weight is 336 g/mol. The fourth-order valence-corrected chi connectivity index (χ4v) is 2.74. The minimum Gasteiger partial charge on any atom is -0.396 e. The number of fused-ring (bicyclic) bond motifs is 1. The normalized spacial score (nSPS) is 11.3. The topological polar surface area (TPSA) is 50.9 Å². The second kappa shape index (κ2) is 6.24. The van der Waals surface area contributed by atoms with Crippen LogP contribution in [0.1, 0.15) is 18.3 Å². The molecule has 3 aromatic rings. The summed E-state index contributed by atoms with van der Waals surface area (Å²) < 4.78 is 1.99. The van der Waals surface area contributed by atoms with Gasteiger partial charge in [0.1, 0.15) is 16.5 Å². The summed E-state index contributed by atoms with van der Waals surface area (Å²) in [5, 5.41) is 9.68. The first-order valence-electron chi connectivity index (χ1n) is 7.07. The zero-order chi connectivity index (χ0) is 15.7. The van der Waals surface area contributed by atoms with Gasteiger partial charge < -0.3 is 5.11 Å². The van der Waals surface area contributed by atoms with E-state index in [0.29, 0.717) is 17.1 Å².